The molecule has 2 aliphatic heterocycles. The van der Waals surface area contributed by atoms with E-state index in [1.54, 1.807) is 30.3 Å². The summed E-state index contributed by atoms with van der Waals surface area (Å²) in [7, 11) is -3.29. The number of hydrogen-bond acceptors (Lipinski definition) is 5. The first kappa shape index (κ1) is 26.8. The van der Waals surface area contributed by atoms with Gasteiger partial charge in [-0.25, -0.2) is 17.8 Å². The van der Waals surface area contributed by atoms with E-state index in [-0.39, 0.29) is 16.8 Å². The van der Waals surface area contributed by atoms with Gasteiger partial charge in [-0.05, 0) is 118 Å². The molecule has 4 aromatic rings. The van der Waals surface area contributed by atoms with Crippen molar-refractivity contribution in [2.45, 2.75) is 62.0 Å². The lowest BCUT2D eigenvalue weighted by atomic mass is 10.0. The van der Waals surface area contributed by atoms with Crippen molar-refractivity contribution in [1.29, 1.82) is 0 Å². The van der Waals surface area contributed by atoms with Gasteiger partial charge >= 0.3 is 0 Å². The highest BCUT2D eigenvalue weighted by molar-refractivity contribution is 7.90. The molecule has 1 saturated carbocycles. The second-order valence-electron chi connectivity index (χ2n) is 12.1. The Labute approximate surface area is 241 Å². The lowest BCUT2D eigenvalue weighted by Crippen LogP contribution is -2.43. The minimum absolute atomic E-state index is 0.263. The number of rotatable bonds is 7. The summed E-state index contributed by atoms with van der Waals surface area (Å²) in [6.45, 7) is 5.81. The van der Waals surface area contributed by atoms with E-state index >= 15 is 4.39 Å². The minimum atomic E-state index is -3.29. The van der Waals surface area contributed by atoms with Crippen molar-refractivity contribution in [2.75, 3.05) is 32.4 Å². The Hall–Kier alpha value is -3.07. The molecule has 3 aliphatic rings. The molecule has 3 fully saturated rings. The van der Waals surface area contributed by atoms with Crippen LogP contribution in [-0.2, 0) is 16.4 Å². The zero-order chi connectivity index (χ0) is 28.1. The van der Waals surface area contributed by atoms with Crippen LogP contribution in [0.4, 0.5) is 4.39 Å². The van der Waals surface area contributed by atoms with Gasteiger partial charge in [0.05, 0.1) is 10.4 Å². The van der Waals surface area contributed by atoms with Crippen molar-refractivity contribution in [1.82, 2.24) is 19.4 Å². The first-order valence-corrected chi connectivity index (χ1v) is 16.8. The van der Waals surface area contributed by atoms with Crippen LogP contribution in [0.1, 0.15) is 50.1 Å². The fourth-order valence-electron chi connectivity index (χ4n) is 6.69. The minimum Gasteiger partial charge on any atom is -0.321 e. The van der Waals surface area contributed by atoms with Crippen molar-refractivity contribution in [3.05, 3.63) is 72.0 Å². The molecular formula is C33H37FN4O2S. The number of benzene rings is 3. The van der Waals surface area contributed by atoms with Crippen molar-refractivity contribution < 1.29 is 12.8 Å². The molecular weight excluding hydrogens is 535 g/mol. The second kappa shape index (κ2) is 10.6. The zero-order valence-electron chi connectivity index (χ0n) is 23.6. The molecule has 2 saturated heterocycles. The van der Waals surface area contributed by atoms with Gasteiger partial charge in [-0.15, -0.1) is 0 Å². The van der Waals surface area contributed by atoms with Crippen molar-refractivity contribution >= 4 is 20.9 Å². The lowest BCUT2D eigenvalue weighted by Gasteiger charge is -2.36. The van der Waals surface area contributed by atoms with E-state index in [1.165, 1.54) is 50.6 Å². The first-order chi connectivity index (χ1) is 19.8. The van der Waals surface area contributed by atoms with Gasteiger partial charge in [0.1, 0.15) is 11.3 Å². The fourth-order valence-corrected chi connectivity index (χ4v) is 7.32. The highest BCUT2D eigenvalue weighted by Crippen LogP contribution is 2.42. The monoisotopic (exact) mass is 572 g/mol. The topological polar surface area (TPSA) is 58.4 Å². The molecule has 0 radical (unpaired) electrons. The standard InChI is InChI=1S/C33H37FN4O2S/c1-41(39,40)29-12-8-25(9-13-29)33-35-32-30(34)20-26(21-31(32)38(33)28-10-11-28)24-6-4-23(5-7-24)22-36-18-14-27(15-19-36)37-16-2-3-17-37/h4-9,12-13,20-21,27-28H,2-3,10-11,14-19,22H2,1H3. The van der Waals surface area contributed by atoms with Crippen LogP contribution in [0.15, 0.2) is 65.6 Å². The Morgan fingerprint density at radius 1 is 0.805 bits per heavy atom. The van der Waals surface area contributed by atoms with Gasteiger partial charge in [-0.2, -0.15) is 0 Å². The molecule has 0 atom stereocenters. The highest BCUT2D eigenvalue weighted by atomic mass is 32.2. The van der Waals surface area contributed by atoms with E-state index in [4.69, 9.17) is 4.98 Å². The van der Waals surface area contributed by atoms with E-state index in [1.807, 2.05) is 0 Å². The molecule has 3 aromatic carbocycles. The maximum absolute atomic E-state index is 15.5. The van der Waals surface area contributed by atoms with Crippen LogP contribution in [0.5, 0.6) is 0 Å². The van der Waals surface area contributed by atoms with Crippen LogP contribution in [-0.4, -0.2) is 66.2 Å². The van der Waals surface area contributed by atoms with Gasteiger partial charge in [0.25, 0.3) is 0 Å². The van der Waals surface area contributed by atoms with Gasteiger partial charge in [0, 0.05) is 30.4 Å². The molecule has 41 heavy (non-hydrogen) atoms. The fraction of sp³-hybridized carbons (Fsp3) is 0.424. The van der Waals surface area contributed by atoms with Crippen molar-refractivity contribution in [3.63, 3.8) is 0 Å². The lowest BCUT2D eigenvalue weighted by molar-refractivity contribution is 0.122. The molecule has 8 heteroatoms. The molecule has 6 nitrogen and oxygen atoms in total. The Morgan fingerprint density at radius 3 is 2.10 bits per heavy atom. The summed E-state index contributed by atoms with van der Waals surface area (Å²) in [5, 5.41) is 0. The van der Waals surface area contributed by atoms with Gasteiger partial charge in [0.15, 0.2) is 15.7 Å². The number of halogens is 1. The number of imidazole rings is 1. The normalized spacial score (nSPS) is 19.4. The highest BCUT2D eigenvalue weighted by Gasteiger charge is 2.30. The van der Waals surface area contributed by atoms with E-state index < -0.39 is 9.84 Å². The number of likely N-dealkylation sites (tertiary alicyclic amines) is 2. The van der Waals surface area contributed by atoms with Gasteiger partial charge in [-0.3, -0.25) is 4.90 Å². The number of aromatic nitrogens is 2. The predicted octanol–water partition coefficient (Wildman–Crippen LogP) is 6.31. The van der Waals surface area contributed by atoms with Crippen LogP contribution in [0.3, 0.4) is 0 Å². The molecule has 0 bridgehead atoms. The van der Waals surface area contributed by atoms with Crippen LogP contribution in [0.2, 0.25) is 0 Å². The molecule has 1 aliphatic carbocycles. The first-order valence-electron chi connectivity index (χ1n) is 14.9. The number of hydrogen-bond donors (Lipinski definition) is 0. The Kier molecular flexibility index (Phi) is 6.96. The summed E-state index contributed by atoms with van der Waals surface area (Å²) in [4.78, 5) is 10.2. The summed E-state index contributed by atoms with van der Waals surface area (Å²) in [6.07, 6.45) is 8.48. The largest absolute Gasteiger partial charge is 0.321 e. The third kappa shape index (κ3) is 5.45. The summed E-state index contributed by atoms with van der Waals surface area (Å²) >= 11 is 0. The summed E-state index contributed by atoms with van der Waals surface area (Å²) in [5.41, 5.74) is 5.05. The SMILES string of the molecule is CS(=O)(=O)c1ccc(-c2nc3c(F)cc(-c4ccc(CN5CCC(N6CCCC6)CC5)cc4)cc3n2C2CC2)cc1. The smallest absolute Gasteiger partial charge is 0.175 e. The van der Waals surface area contributed by atoms with Crippen LogP contribution >= 0.6 is 0 Å². The van der Waals surface area contributed by atoms with E-state index in [0.717, 1.165) is 60.7 Å². The number of piperidine rings is 1. The molecule has 1 aromatic heterocycles. The molecule has 0 amide bonds. The summed E-state index contributed by atoms with van der Waals surface area (Å²) < 4.78 is 41.5. The van der Waals surface area contributed by atoms with Crippen molar-refractivity contribution in [3.8, 4) is 22.5 Å². The van der Waals surface area contributed by atoms with Crippen LogP contribution in [0.25, 0.3) is 33.5 Å². The average Bonchev–Trinajstić information content (AvgIpc) is 3.50. The average molecular weight is 573 g/mol. The molecule has 0 unspecified atom stereocenters. The molecule has 7 rings (SSSR count). The molecule has 0 spiro atoms. The van der Waals surface area contributed by atoms with E-state index in [2.05, 4.69) is 44.7 Å². The summed E-state index contributed by atoms with van der Waals surface area (Å²) in [5.74, 6) is 0.346. The number of sulfone groups is 1. The Bertz CT molecular complexity index is 1660. The third-order valence-corrected chi connectivity index (χ3v) is 10.2. The Morgan fingerprint density at radius 2 is 1.46 bits per heavy atom. The van der Waals surface area contributed by atoms with Gasteiger partial charge in [-0.1, -0.05) is 24.3 Å². The number of nitrogens with zero attached hydrogens (tertiary/aromatic N) is 4. The maximum Gasteiger partial charge on any atom is 0.175 e. The second-order valence-corrected chi connectivity index (χ2v) is 14.1. The summed E-state index contributed by atoms with van der Waals surface area (Å²) in [6, 6.07) is 20.0. The van der Waals surface area contributed by atoms with E-state index in [0.29, 0.717) is 11.3 Å². The molecule has 3 heterocycles. The zero-order valence-corrected chi connectivity index (χ0v) is 24.4. The maximum atomic E-state index is 15.5. The van der Waals surface area contributed by atoms with E-state index in [9.17, 15) is 8.42 Å². The molecule has 214 valence electrons. The molecule has 0 N–H and O–H groups in total. The van der Waals surface area contributed by atoms with Crippen LogP contribution < -0.4 is 0 Å². The Balaban J connectivity index is 1.12. The quantitative estimate of drug-likeness (QED) is 0.260. The predicted molar refractivity (Wildman–Crippen MR) is 161 cm³/mol. The van der Waals surface area contributed by atoms with Crippen LogP contribution in [0, 0.1) is 5.82 Å². The number of fused-ring (bicyclic) bond motifs is 1. The van der Waals surface area contributed by atoms with Crippen molar-refractivity contribution in [2.24, 2.45) is 0 Å². The van der Waals surface area contributed by atoms with Gasteiger partial charge < -0.3 is 9.47 Å². The van der Waals surface area contributed by atoms with Gasteiger partial charge in [0.2, 0.25) is 0 Å². The third-order valence-electron chi connectivity index (χ3n) is 9.11.